The van der Waals surface area contributed by atoms with Crippen molar-refractivity contribution in [2.75, 3.05) is 18.4 Å². The summed E-state index contributed by atoms with van der Waals surface area (Å²) >= 11 is 0. The molecular formula is C30H30FN7. The second-order valence-corrected chi connectivity index (χ2v) is 9.79. The van der Waals surface area contributed by atoms with Gasteiger partial charge in [-0.3, -0.25) is 9.58 Å². The molecule has 7 nitrogen and oxygen atoms in total. The highest BCUT2D eigenvalue weighted by molar-refractivity contribution is 5.94. The van der Waals surface area contributed by atoms with Gasteiger partial charge in [0.15, 0.2) is 0 Å². The maximum absolute atomic E-state index is 13.6. The van der Waals surface area contributed by atoms with Crippen molar-refractivity contribution in [3.05, 3.63) is 103 Å². The number of likely N-dealkylation sites (tertiary alicyclic amines) is 1. The van der Waals surface area contributed by atoms with Crippen LogP contribution in [0.3, 0.4) is 0 Å². The second-order valence-electron chi connectivity index (χ2n) is 9.79. The molecule has 192 valence electrons. The van der Waals surface area contributed by atoms with Gasteiger partial charge in [0.05, 0.1) is 23.8 Å². The predicted octanol–water partition coefficient (Wildman–Crippen LogP) is 5.61. The molecular weight excluding hydrogens is 477 g/mol. The fraction of sp³-hybridized carbons (Fsp3) is 0.233. The van der Waals surface area contributed by atoms with Crippen LogP contribution in [0.15, 0.2) is 86.0 Å². The summed E-state index contributed by atoms with van der Waals surface area (Å²) in [4.78, 5) is 11.7. The van der Waals surface area contributed by atoms with Crippen LogP contribution in [0.1, 0.15) is 24.0 Å². The average Bonchev–Trinajstić information content (AvgIpc) is 3.32. The van der Waals surface area contributed by atoms with E-state index in [0.29, 0.717) is 12.6 Å². The highest BCUT2D eigenvalue weighted by Crippen LogP contribution is 2.29. The predicted molar refractivity (Wildman–Crippen MR) is 150 cm³/mol. The molecule has 0 spiro atoms. The van der Waals surface area contributed by atoms with Gasteiger partial charge in [0.25, 0.3) is 0 Å². The van der Waals surface area contributed by atoms with Crippen LogP contribution < -0.4 is 10.6 Å². The summed E-state index contributed by atoms with van der Waals surface area (Å²) in [6.07, 6.45) is 7.45. The van der Waals surface area contributed by atoms with E-state index in [2.05, 4.69) is 55.4 Å². The highest BCUT2D eigenvalue weighted by Gasteiger charge is 2.20. The normalized spacial score (nSPS) is 14.7. The lowest BCUT2D eigenvalue weighted by Crippen LogP contribution is -2.40. The Labute approximate surface area is 221 Å². The Morgan fingerprint density at radius 1 is 1.00 bits per heavy atom. The summed E-state index contributed by atoms with van der Waals surface area (Å²) in [5.74, 6) is 0.552. The Kier molecular flexibility index (Phi) is 6.71. The van der Waals surface area contributed by atoms with Crippen molar-refractivity contribution in [1.29, 1.82) is 0 Å². The molecule has 3 aromatic carbocycles. The van der Waals surface area contributed by atoms with Crippen LogP contribution in [0.25, 0.3) is 21.8 Å². The van der Waals surface area contributed by atoms with Gasteiger partial charge in [0.2, 0.25) is 0 Å². The van der Waals surface area contributed by atoms with Crippen LogP contribution in [-0.4, -0.2) is 43.8 Å². The molecule has 0 bridgehead atoms. The first-order valence-electron chi connectivity index (χ1n) is 13.0. The van der Waals surface area contributed by atoms with E-state index in [4.69, 9.17) is 0 Å². The van der Waals surface area contributed by atoms with Crippen molar-refractivity contribution < 1.29 is 4.39 Å². The first kappa shape index (κ1) is 24.1. The summed E-state index contributed by atoms with van der Waals surface area (Å²) < 4.78 is 15.5. The van der Waals surface area contributed by atoms with Gasteiger partial charge in [-0.05, 0) is 66.6 Å². The van der Waals surface area contributed by atoms with Gasteiger partial charge in [-0.2, -0.15) is 5.10 Å². The summed E-state index contributed by atoms with van der Waals surface area (Å²) in [7, 11) is 0. The number of fused-ring (bicyclic) bond motifs is 2. The Hall–Kier alpha value is -4.30. The van der Waals surface area contributed by atoms with E-state index in [9.17, 15) is 4.39 Å². The van der Waals surface area contributed by atoms with Gasteiger partial charge in [-0.1, -0.05) is 30.8 Å². The van der Waals surface area contributed by atoms with E-state index in [1.165, 1.54) is 11.6 Å². The largest absolute Gasteiger partial charge is 0.389 e. The number of hydrogen-bond donors (Lipinski definition) is 2. The van der Waals surface area contributed by atoms with Crippen LogP contribution in [0.5, 0.6) is 0 Å². The minimum absolute atomic E-state index is 0.240. The molecule has 0 amide bonds. The van der Waals surface area contributed by atoms with Gasteiger partial charge >= 0.3 is 0 Å². The van der Waals surface area contributed by atoms with Crippen LogP contribution >= 0.6 is 0 Å². The third-order valence-electron chi connectivity index (χ3n) is 7.21. The van der Waals surface area contributed by atoms with Crippen LogP contribution in [0.4, 0.5) is 15.9 Å². The lowest BCUT2D eigenvalue weighted by Gasteiger charge is -2.32. The lowest BCUT2D eigenvalue weighted by atomic mass is 10.0. The number of anilines is 2. The monoisotopic (exact) mass is 507 g/mol. The molecule has 1 aliphatic rings. The molecule has 1 fully saturated rings. The first-order chi connectivity index (χ1) is 18.7. The molecule has 5 aromatic rings. The van der Waals surface area contributed by atoms with Crippen molar-refractivity contribution in [2.45, 2.75) is 32.0 Å². The van der Waals surface area contributed by atoms with Gasteiger partial charge in [0, 0.05) is 42.1 Å². The van der Waals surface area contributed by atoms with Crippen LogP contribution in [0, 0.1) is 5.82 Å². The SMILES string of the molecule is C=CNC1CCN(Cc2cccc3ncnc(Nc4ccc5c(cnn5Cc5cccc(F)c5)c4)c23)CC1. The second kappa shape index (κ2) is 10.6. The van der Waals surface area contributed by atoms with Crippen molar-refractivity contribution >= 4 is 33.3 Å². The highest BCUT2D eigenvalue weighted by atomic mass is 19.1. The number of piperidine rings is 1. The minimum atomic E-state index is -0.240. The molecule has 0 aliphatic carbocycles. The van der Waals surface area contributed by atoms with Gasteiger partial charge in [-0.25, -0.2) is 14.4 Å². The van der Waals surface area contributed by atoms with Crippen LogP contribution in [-0.2, 0) is 13.1 Å². The fourth-order valence-corrected chi connectivity index (χ4v) is 5.31. The van der Waals surface area contributed by atoms with Gasteiger partial charge < -0.3 is 10.6 Å². The number of rotatable bonds is 8. The number of halogens is 1. The molecule has 0 atom stereocenters. The zero-order valence-corrected chi connectivity index (χ0v) is 21.1. The molecule has 0 radical (unpaired) electrons. The molecule has 1 saturated heterocycles. The maximum atomic E-state index is 13.6. The minimum Gasteiger partial charge on any atom is -0.389 e. The van der Waals surface area contributed by atoms with E-state index in [-0.39, 0.29) is 5.82 Å². The molecule has 6 rings (SSSR count). The van der Waals surface area contributed by atoms with Crippen LogP contribution in [0.2, 0.25) is 0 Å². The summed E-state index contributed by atoms with van der Waals surface area (Å²) in [5.41, 5.74) is 4.92. The summed E-state index contributed by atoms with van der Waals surface area (Å²) in [6, 6.07) is 19.5. The Bertz CT molecular complexity index is 1580. The number of nitrogens with one attached hydrogen (secondary N) is 2. The molecule has 0 unspecified atom stereocenters. The molecule has 1 aliphatic heterocycles. The smallest absolute Gasteiger partial charge is 0.142 e. The standard InChI is InChI=1S/C30H30FN7/c1-2-32-25-11-13-37(14-12-25)19-22-6-4-8-27-29(22)30(34-20-33-27)36-26-9-10-28-23(16-26)17-35-38(28)18-21-5-3-7-24(31)15-21/h2-10,15-17,20,25,32H,1,11-14,18-19H2,(H,33,34,36). The molecule has 3 heterocycles. The Morgan fingerprint density at radius 2 is 1.87 bits per heavy atom. The third kappa shape index (κ3) is 5.08. The zero-order chi connectivity index (χ0) is 25.9. The Morgan fingerprint density at radius 3 is 2.71 bits per heavy atom. The Balaban J connectivity index is 1.24. The first-order valence-corrected chi connectivity index (χ1v) is 13.0. The number of hydrogen-bond acceptors (Lipinski definition) is 6. The van der Waals surface area contributed by atoms with E-state index in [0.717, 1.165) is 71.4 Å². The average molecular weight is 508 g/mol. The van der Waals surface area contributed by atoms with E-state index < -0.39 is 0 Å². The number of nitrogens with zero attached hydrogens (tertiary/aromatic N) is 5. The molecule has 8 heteroatoms. The lowest BCUT2D eigenvalue weighted by molar-refractivity contribution is 0.197. The van der Waals surface area contributed by atoms with Crippen molar-refractivity contribution in [1.82, 2.24) is 30.0 Å². The maximum Gasteiger partial charge on any atom is 0.142 e. The van der Waals surface area contributed by atoms with Gasteiger partial charge in [-0.15, -0.1) is 0 Å². The zero-order valence-electron chi connectivity index (χ0n) is 21.1. The number of aromatic nitrogens is 4. The van der Waals surface area contributed by atoms with E-state index in [1.807, 2.05) is 35.1 Å². The topological polar surface area (TPSA) is 70.9 Å². The molecule has 2 aromatic heterocycles. The summed E-state index contributed by atoms with van der Waals surface area (Å²) in [6.45, 7) is 7.23. The molecule has 38 heavy (non-hydrogen) atoms. The van der Waals surface area contributed by atoms with E-state index in [1.54, 1.807) is 24.7 Å². The molecule has 2 N–H and O–H groups in total. The number of benzene rings is 3. The fourth-order valence-electron chi connectivity index (χ4n) is 5.31. The summed E-state index contributed by atoms with van der Waals surface area (Å²) in [5, 5.41) is 13.5. The van der Waals surface area contributed by atoms with Crippen molar-refractivity contribution in [2.24, 2.45) is 0 Å². The van der Waals surface area contributed by atoms with Gasteiger partial charge in [0.1, 0.15) is 18.0 Å². The van der Waals surface area contributed by atoms with Crippen molar-refractivity contribution in [3.8, 4) is 0 Å². The molecule has 0 saturated carbocycles. The quantitative estimate of drug-likeness (QED) is 0.285. The van der Waals surface area contributed by atoms with Crippen molar-refractivity contribution in [3.63, 3.8) is 0 Å². The third-order valence-corrected chi connectivity index (χ3v) is 7.21. The van der Waals surface area contributed by atoms with E-state index >= 15 is 0 Å².